The predicted molar refractivity (Wildman–Crippen MR) is 70.8 cm³/mol. The van der Waals surface area contributed by atoms with E-state index >= 15 is 0 Å². The summed E-state index contributed by atoms with van der Waals surface area (Å²) in [4.78, 5) is 16.1. The minimum Gasteiger partial charge on any atom is -0.330 e. The predicted octanol–water partition coefficient (Wildman–Crippen LogP) is 1.92. The first-order valence-corrected chi connectivity index (χ1v) is 6.08. The Bertz CT molecular complexity index is 551. The maximum absolute atomic E-state index is 12.1. The molecule has 0 bridgehead atoms. The van der Waals surface area contributed by atoms with Crippen molar-refractivity contribution in [2.24, 2.45) is 5.73 Å². The summed E-state index contributed by atoms with van der Waals surface area (Å²) in [6, 6.07) is 7.33. The number of carbonyl (C=O) groups is 1. The summed E-state index contributed by atoms with van der Waals surface area (Å²) in [5.41, 5.74) is 7.14. The number of hydrogen-bond acceptors (Lipinski definition) is 3. The highest BCUT2D eigenvalue weighted by Crippen LogP contribution is 2.16. The van der Waals surface area contributed by atoms with Gasteiger partial charge in [-0.25, -0.2) is 4.98 Å². The largest absolute Gasteiger partial charge is 0.330 e. The maximum atomic E-state index is 12.1. The van der Waals surface area contributed by atoms with Crippen molar-refractivity contribution in [1.29, 1.82) is 0 Å². The molecule has 1 aromatic heterocycles. The zero-order chi connectivity index (χ0) is 13.0. The fourth-order valence-corrected chi connectivity index (χ4v) is 1.97. The molecule has 94 valence electrons. The molecule has 2 N–H and O–H groups in total. The van der Waals surface area contributed by atoms with Gasteiger partial charge in [-0.05, 0) is 18.2 Å². The molecule has 0 unspecified atom stereocenters. The van der Waals surface area contributed by atoms with E-state index in [0.717, 1.165) is 11.3 Å². The van der Waals surface area contributed by atoms with Crippen LogP contribution in [0.5, 0.6) is 0 Å². The molecule has 0 radical (unpaired) electrons. The summed E-state index contributed by atoms with van der Waals surface area (Å²) >= 11 is 6.03. The van der Waals surface area contributed by atoms with Crippen LogP contribution < -0.4 is 5.73 Å². The van der Waals surface area contributed by atoms with E-state index in [4.69, 9.17) is 17.3 Å². The summed E-state index contributed by atoms with van der Waals surface area (Å²) in [6.45, 7) is 0.491. The molecule has 18 heavy (non-hydrogen) atoms. The normalized spacial score (nSPS) is 10.6. The Balaban J connectivity index is 2.17. The number of hydrogen-bond donors (Lipinski definition) is 1. The zero-order valence-electron chi connectivity index (χ0n) is 9.84. The maximum Gasteiger partial charge on any atom is 0.236 e. The van der Waals surface area contributed by atoms with Crippen LogP contribution in [0.4, 0.5) is 0 Å². The minimum absolute atomic E-state index is 0.0518. The SMILES string of the molecule is NCCc1cncn1C(=O)Cc1ccccc1Cl. The molecule has 1 aromatic carbocycles. The van der Waals surface area contributed by atoms with Crippen molar-refractivity contribution in [3.8, 4) is 0 Å². The molecule has 5 heteroatoms. The lowest BCUT2D eigenvalue weighted by molar-refractivity contribution is 0.0911. The van der Waals surface area contributed by atoms with Crippen molar-refractivity contribution in [2.45, 2.75) is 12.8 Å². The highest BCUT2D eigenvalue weighted by Gasteiger charge is 2.12. The van der Waals surface area contributed by atoms with E-state index in [0.29, 0.717) is 18.0 Å². The molecule has 1 heterocycles. The van der Waals surface area contributed by atoms with Crippen molar-refractivity contribution >= 4 is 17.5 Å². The molecule has 0 aliphatic heterocycles. The Morgan fingerprint density at radius 3 is 2.89 bits per heavy atom. The Morgan fingerprint density at radius 1 is 1.39 bits per heavy atom. The van der Waals surface area contributed by atoms with E-state index in [1.807, 2.05) is 18.2 Å². The van der Waals surface area contributed by atoms with Crippen LogP contribution in [0.3, 0.4) is 0 Å². The number of imidazole rings is 1. The number of rotatable bonds is 4. The molecule has 0 saturated carbocycles. The highest BCUT2D eigenvalue weighted by molar-refractivity contribution is 6.31. The Labute approximate surface area is 110 Å². The average molecular weight is 264 g/mol. The van der Waals surface area contributed by atoms with Crippen molar-refractivity contribution in [1.82, 2.24) is 9.55 Å². The van der Waals surface area contributed by atoms with Gasteiger partial charge in [0.2, 0.25) is 5.91 Å². The smallest absolute Gasteiger partial charge is 0.236 e. The number of aromatic nitrogens is 2. The minimum atomic E-state index is -0.0518. The lowest BCUT2D eigenvalue weighted by atomic mass is 10.1. The second-order valence-corrected chi connectivity index (χ2v) is 4.36. The molecule has 0 aliphatic carbocycles. The van der Waals surface area contributed by atoms with E-state index in [-0.39, 0.29) is 12.3 Å². The van der Waals surface area contributed by atoms with E-state index in [9.17, 15) is 4.79 Å². The summed E-state index contributed by atoms with van der Waals surface area (Å²) < 4.78 is 1.54. The van der Waals surface area contributed by atoms with Crippen LogP contribution in [-0.4, -0.2) is 22.0 Å². The molecule has 0 aliphatic rings. The van der Waals surface area contributed by atoms with Crippen LogP contribution in [0.2, 0.25) is 5.02 Å². The molecule has 0 spiro atoms. The molecule has 0 saturated heterocycles. The average Bonchev–Trinajstić information content (AvgIpc) is 2.81. The molecule has 4 nitrogen and oxygen atoms in total. The Hall–Kier alpha value is -1.65. The molecule has 0 atom stereocenters. The van der Waals surface area contributed by atoms with Gasteiger partial charge >= 0.3 is 0 Å². The number of halogens is 1. The molecule has 2 aromatic rings. The molecular formula is C13H14ClN3O. The van der Waals surface area contributed by atoms with Crippen LogP contribution in [0.1, 0.15) is 16.1 Å². The van der Waals surface area contributed by atoms with Crippen LogP contribution in [0, 0.1) is 0 Å². The number of nitrogens with zero attached hydrogens (tertiary/aromatic N) is 2. The molecule has 2 rings (SSSR count). The third-order valence-electron chi connectivity index (χ3n) is 2.68. The van der Waals surface area contributed by atoms with Gasteiger partial charge in [-0.1, -0.05) is 29.8 Å². The number of benzene rings is 1. The fraction of sp³-hybridized carbons (Fsp3) is 0.231. The summed E-state index contributed by atoms with van der Waals surface area (Å²) in [6.07, 6.45) is 4.07. The molecule has 0 amide bonds. The number of carbonyl (C=O) groups excluding carboxylic acids is 1. The lowest BCUT2D eigenvalue weighted by Crippen LogP contribution is -2.17. The van der Waals surface area contributed by atoms with Gasteiger partial charge in [-0.3, -0.25) is 9.36 Å². The monoisotopic (exact) mass is 263 g/mol. The van der Waals surface area contributed by atoms with Crippen LogP contribution in [0.25, 0.3) is 0 Å². The first kappa shape index (κ1) is 12.8. The van der Waals surface area contributed by atoms with Crippen LogP contribution in [0.15, 0.2) is 36.8 Å². The fourth-order valence-electron chi connectivity index (χ4n) is 1.77. The number of nitrogens with two attached hydrogens (primary N) is 1. The summed E-state index contributed by atoms with van der Waals surface area (Å²) in [7, 11) is 0. The van der Waals surface area contributed by atoms with E-state index in [2.05, 4.69) is 4.98 Å². The van der Waals surface area contributed by atoms with E-state index in [1.54, 1.807) is 12.3 Å². The third-order valence-corrected chi connectivity index (χ3v) is 3.05. The molecule has 0 fully saturated rings. The topological polar surface area (TPSA) is 60.9 Å². The summed E-state index contributed by atoms with van der Waals surface area (Å²) in [5.74, 6) is -0.0518. The standard InChI is InChI=1S/C13H14ClN3O/c14-12-4-2-1-3-10(12)7-13(18)17-9-16-8-11(17)5-6-15/h1-4,8-9H,5-7,15H2. The van der Waals surface area contributed by atoms with Crippen molar-refractivity contribution < 1.29 is 4.79 Å². The van der Waals surface area contributed by atoms with E-state index < -0.39 is 0 Å². The van der Waals surface area contributed by atoms with Gasteiger partial charge in [-0.15, -0.1) is 0 Å². The van der Waals surface area contributed by atoms with Crippen molar-refractivity contribution in [3.63, 3.8) is 0 Å². The molecular weight excluding hydrogens is 250 g/mol. The van der Waals surface area contributed by atoms with Gasteiger partial charge in [0, 0.05) is 23.3 Å². The van der Waals surface area contributed by atoms with Gasteiger partial charge < -0.3 is 5.73 Å². The third kappa shape index (κ3) is 2.78. The highest BCUT2D eigenvalue weighted by atomic mass is 35.5. The quantitative estimate of drug-likeness (QED) is 0.917. The van der Waals surface area contributed by atoms with Gasteiger partial charge in [0.1, 0.15) is 6.33 Å². The lowest BCUT2D eigenvalue weighted by Gasteiger charge is -2.07. The van der Waals surface area contributed by atoms with Gasteiger partial charge in [0.15, 0.2) is 0 Å². The first-order valence-electron chi connectivity index (χ1n) is 5.70. The van der Waals surface area contributed by atoms with Gasteiger partial charge in [0.25, 0.3) is 0 Å². The van der Waals surface area contributed by atoms with E-state index in [1.165, 1.54) is 10.9 Å². The van der Waals surface area contributed by atoms with Crippen LogP contribution >= 0.6 is 11.6 Å². The second-order valence-electron chi connectivity index (χ2n) is 3.96. The second kappa shape index (κ2) is 5.80. The Morgan fingerprint density at radius 2 is 2.17 bits per heavy atom. The Kier molecular flexibility index (Phi) is 4.12. The first-order chi connectivity index (χ1) is 8.72. The zero-order valence-corrected chi connectivity index (χ0v) is 10.6. The van der Waals surface area contributed by atoms with Crippen molar-refractivity contribution in [2.75, 3.05) is 6.54 Å². The van der Waals surface area contributed by atoms with Crippen LogP contribution in [-0.2, 0) is 12.8 Å². The van der Waals surface area contributed by atoms with Crippen molar-refractivity contribution in [3.05, 3.63) is 53.1 Å². The summed E-state index contributed by atoms with van der Waals surface area (Å²) in [5, 5.41) is 0.603. The van der Waals surface area contributed by atoms with Gasteiger partial charge in [0.05, 0.1) is 6.42 Å². The van der Waals surface area contributed by atoms with Gasteiger partial charge in [-0.2, -0.15) is 0 Å².